The number of piperidine rings is 1. The van der Waals surface area contributed by atoms with Crippen LogP contribution in [0.25, 0.3) is 0 Å². The van der Waals surface area contributed by atoms with E-state index in [2.05, 4.69) is 25.9 Å². The van der Waals surface area contributed by atoms with Crippen molar-refractivity contribution < 1.29 is 17.9 Å². The lowest BCUT2D eigenvalue weighted by Crippen LogP contribution is -2.41. The molecule has 25 heavy (non-hydrogen) atoms. The molecule has 0 bridgehead atoms. The number of rotatable bonds is 5. The molecule has 0 N–H and O–H groups in total. The SMILES string of the molecule is COc1ccccc1S(=O)(=O)N1CCC(Oc2ncc(Br)cn2)CC1. The van der Waals surface area contributed by atoms with Gasteiger partial charge in [0.05, 0.1) is 11.6 Å². The zero-order chi connectivity index (χ0) is 17.9. The van der Waals surface area contributed by atoms with Gasteiger partial charge in [0.1, 0.15) is 16.7 Å². The highest BCUT2D eigenvalue weighted by Gasteiger charge is 2.32. The minimum absolute atomic E-state index is 0.106. The van der Waals surface area contributed by atoms with Crippen LogP contribution < -0.4 is 9.47 Å². The average Bonchev–Trinajstić information content (AvgIpc) is 2.64. The smallest absolute Gasteiger partial charge is 0.316 e. The van der Waals surface area contributed by atoms with Crippen molar-refractivity contribution in [3.8, 4) is 11.8 Å². The molecule has 0 aliphatic carbocycles. The Hall–Kier alpha value is -1.71. The van der Waals surface area contributed by atoms with Crippen LogP contribution in [-0.4, -0.2) is 49.0 Å². The average molecular weight is 428 g/mol. The van der Waals surface area contributed by atoms with Crippen molar-refractivity contribution in [2.75, 3.05) is 20.2 Å². The lowest BCUT2D eigenvalue weighted by Gasteiger charge is -2.31. The van der Waals surface area contributed by atoms with Gasteiger partial charge in [0.25, 0.3) is 0 Å². The zero-order valence-corrected chi connectivity index (χ0v) is 16.0. The second kappa shape index (κ2) is 7.67. The Morgan fingerprint density at radius 3 is 2.44 bits per heavy atom. The van der Waals surface area contributed by atoms with Crippen LogP contribution in [0.5, 0.6) is 11.8 Å². The van der Waals surface area contributed by atoms with E-state index in [-0.39, 0.29) is 11.0 Å². The van der Waals surface area contributed by atoms with Gasteiger partial charge in [-0.3, -0.25) is 0 Å². The number of sulfonamides is 1. The van der Waals surface area contributed by atoms with Crippen LogP contribution in [0, 0.1) is 0 Å². The number of benzene rings is 1. The van der Waals surface area contributed by atoms with E-state index in [9.17, 15) is 8.42 Å². The summed E-state index contributed by atoms with van der Waals surface area (Å²) in [5, 5.41) is 0. The monoisotopic (exact) mass is 427 g/mol. The fourth-order valence-electron chi connectivity index (χ4n) is 2.67. The summed E-state index contributed by atoms with van der Waals surface area (Å²) in [7, 11) is -2.13. The molecule has 1 fully saturated rings. The first-order valence-corrected chi connectivity index (χ1v) is 10.0. The predicted octanol–water partition coefficient (Wildman–Crippen LogP) is 2.48. The summed E-state index contributed by atoms with van der Waals surface area (Å²) in [6.07, 6.45) is 4.28. The zero-order valence-electron chi connectivity index (χ0n) is 13.6. The molecule has 0 spiro atoms. The lowest BCUT2D eigenvalue weighted by atomic mass is 10.1. The molecule has 1 aromatic carbocycles. The number of aromatic nitrogens is 2. The fourth-order valence-corrected chi connectivity index (χ4v) is 4.50. The van der Waals surface area contributed by atoms with Crippen LogP contribution in [0.2, 0.25) is 0 Å². The maximum Gasteiger partial charge on any atom is 0.316 e. The quantitative estimate of drug-likeness (QED) is 0.728. The molecular formula is C16H18BrN3O4S. The minimum Gasteiger partial charge on any atom is -0.495 e. The number of methoxy groups -OCH3 is 1. The van der Waals surface area contributed by atoms with E-state index in [0.29, 0.717) is 37.7 Å². The predicted molar refractivity (Wildman–Crippen MR) is 95.1 cm³/mol. The third-order valence-corrected chi connectivity index (χ3v) is 6.30. The van der Waals surface area contributed by atoms with Crippen molar-refractivity contribution in [1.82, 2.24) is 14.3 Å². The number of ether oxygens (including phenoxy) is 2. The van der Waals surface area contributed by atoms with Crippen LogP contribution >= 0.6 is 15.9 Å². The van der Waals surface area contributed by atoms with Gasteiger partial charge >= 0.3 is 6.01 Å². The standard InChI is InChI=1S/C16H18BrN3O4S/c1-23-14-4-2-3-5-15(14)25(21,22)20-8-6-13(7-9-20)24-16-18-10-12(17)11-19-16/h2-5,10-11,13H,6-9H2,1H3. The maximum atomic E-state index is 12.8. The third kappa shape index (κ3) is 4.10. The van der Waals surface area contributed by atoms with Gasteiger partial charge in [-0.1, -0.05) is 12.1 Å². The van der Waals surface area contributed by atoms with Crippen molar-refractivity contribution in [1.29, 1.82) is 0 Å². The normalized spacial score (nSPS) is 16.6. The molecule has 1 aromatic heterocycles. The summed E-state index contributed by atoms with van der Waals surface area (Å²) in [4.78, 5) is 8.35. The Kier molecular flexibility index (Phi) is 5.55. The van der Waals surface area contributed by atoms with E-state index in [4.69, 9.17) is 9.47 Å². The molecule has 1 aliphatic rings. The number of nitrogens with zero attached hydrogens (tertiary/aromatic N) is 3. The Morgan fingerprint density at radius 1 is 1.16 bits per heavy atom. The van der Waals surface area contributed by atoms with Crippen LogP contribution in [0.3, 0.4) is 0 Å². The van der Waals surface area contributed by atoms with Crippen molar-refractivity contribution in [3.63, 3.8) is 0 Å². The van der Waals surface area contributed by atoms with E-state index in [0.717, 1.165) is 4.47 Å². The van der Waals surface area contributed by atoms with E-state index in [1.807, 2.05) is 0 Å². The molecule has 0 radical (unpaired) electrons. The highest BCUT2D eigenvalue weighted by Crippen LogP contribution is 2.28. The first-order valence-electron chi connectivity index (χ1n) is 7.78. The maximum absolute atomic E-state index is 12.8. The number of para-hydroxylation sites is 1. The molecular weight excluding hydrogens is 410 g/mol. The molecule has 7 nitrogen and oxygen atoms in total. The van der Waals surface area contributed by atoms with E-state index in [1.54, 1.807) is 36.7 Å². The van der Waals surface area contributed by atoms with E-state index < -0.39 is 10.0 Å². The van der Waals surface area contributed by atoms with Crippen LogP contribution in [-0.2, 0) is 10.0 Å². The molecule has 1 saturated heterocycles. The molecule has 0 saturated carbocycles. The van der Waals surface area contributed by atoms with Gasteiger partial charge in [0, 0.05) is 25.5 Å². The fraction of sp³-hybridized carbons (Fsp3) is 0.375. The summed E-state index contributed by atoms with van der Waals surface area (Å²) in [6, 6.07) is 6.95. The van der Waals surface area contributed by atoms with E-state index in [1.165, 1.54) is 11.4 Å². The van der Waals surface area contributed by atoms with Crippen molar-refractivity contribution in [2.45, 2.75) is 23.8 Å². The highest BCUT2D eigenvalue weighted by molar-refractivity contribution is 9.10. The summed E-state index contributed by atoms with van der Waals surface area (Å²) in [6.45, 7) is 0.753. The first-order chi connectivity index (χ1) is 12.0. The van der Waals surface area contributed by atoms with Gasteiger partial charge in [-0.05, 0) is 40.9 Å². The highest BCUT2D eigenvalue weighted by atomic mass is 79.9. The summed E-state index contributed by atoms with van der Waals surface area (Å²) in [5.41, 5.74) is 0. The molecule has 2 heterocycles. The Labute approximate surface area is 155 Å². The van der Waals surface area contributed by atoms with Gasteiger partial charge in [-0.2, -0.15) is 4.31 Å². The molecule has 3 rings (SSSR count). The molecule has 1 aliphatic heterocycles. The second-order valence-corrected chi connectivity index (χ2v) is 8.38. The Bertz CT molecular complexity index is 822. The molecule has 0 unspecified atom stereocenters. The van der Waals surface area contributed by atoms with Gasteiger partial charge in [-0.25, -0.2) is 18.4 Å². The van der Waals surface area contributed by atoms with Crippen LogP contribution in [0.1, 0.15) is 12.8 Å². The third-order valence-electron chi connectivity index (χ3n) is 3.96. The van der Waals surface area contributed by atoms with Crippen molar-refractivity contribution in [2.24, 2.45) is 0 Å². The minimum atomic E-state index is -3.59. The lowest BCUT2D eigenvalue weighted by molar-refractivity contribution is 0.124. The second-order valence-electron chi connectivity index (χ2n) is 5.56. The molecule has 2 aromatic rings. The van der Waals surface area contributed by atoms with E-state index >= 15 is 0 Å². The molecule has 134 valence electrons. The number of hydrogen-bond acceptors (Lipinski definition) is 6. The summed E-state index contributed by atoms with van der Waals surface area (Å²) in [5.74, 6) is 0.351. The molecule has 9 heteroatoms. The van der Waals surface area contributed by atoms with Gasteiger partial charge < -0.3 is 9.47 Å². The van der Waals surface area contributed by atoms with Crippen LogP contribution in [0.15, 0.2) is 46.0 Å². The van der Waals surface area contributed by atoms with Crippen LogP contribution in [0.4, 0.5) is 0 Å². The Morgan fingerprint density at radius 2 is 1.80 bits per heavy atom. The number of hydrogen-bond donors (Lipinski definition) is 0. The van der Waals surface area contributed by atoms with Gasteiger partial charge in [-0.15, -0.1) is 0 Å². The summed E-state index contributed by atoms with van der Waals surface area (Å²) >= 11 is 3.27. The largest absolute Gasteiger partial charge is 0.495 e. The summed E-state index contributed by atoms with van der Waals surface area (Å²) < 4.78 is 38.8. The van der Waals surface area contributed by atoms with Gasteiger partial charge in [0.15, 0.2) is 0 Å². The number of halogens is 1. The molecule has 0 atom stereocenters. The van der Waals surface area contributed by atoms with Crippen molar-refractivity contribution in [3.05, 3.63) is 41.1 Å². The molecule has 0 amide bonds. The van der Waals surface area contributed by atoms with Gasteiger partial charge in [0.2, 0.25) is 10.0 Å². The van der Waals surface area contributed by atoms with Crippen molar-refractivity contribution >= 4 is 26.0 Å². The Balaban J connectivity index is 1.66. The first kappa shape index (κ1) is 18.1. The topological polar surface area (TPSA) is 81.6 Å².